The summed E-state index contributed by atoms with van der Waals surface area (Å²) in [7, 11) is 0. The SMILES string of the molecule is Cc1cc(N2CCN(CCc3ccccc3)C2=O)sc1C(=O)NCc1cccnc1. The average Bonchev–Trinajstić information content (AvgIpc) is 3.34. The number of carbonyl (C=O) groups is 2. The molecule has 30 heavy (non-hydrogen) atoms. The first kappa shape index (κ1) is 20.1. The first-order valence-corrected chi connectivity index (χ1v) is 10.8. The molecule has 0 aliphatic carbocycles. The second-order valence-corrected chi connectivity index (χ2v) is 8.33. The molecule has 0 unspecified atom stereocenters. The number of carbonyl (C=O) groups excluding carboxylic acids is 2. The van der Waals surface area contributed by atoms with Gasteiger partial charge < -0.3 is 10.2 Å². The summed E-state index contributed by atoms with van der Waals surface area (Å²) in [6, 6.07) is 15.9. The molecule has 3 aromatic rings. The number of hydrogen-bond acceptors (Lipinski definition) is 4. The molecule has 3 heterocycles. The van der Waals surface area contributed by atoms with Gasteiger partial charge in [0.25, 0.3) is 5.91 Å². The fourth-order valence-electron chi connectivity index (χ4n) is 3.49. The number of aryl methyl sites for hydroxylation is 1. The number of rotatable bonds is 7. The van der Waals surface area contributed by atoms with Crippen molar-refractivity contribution in [3.63, 3.8) is 0 Å². The van der Waals surface area contributed by atoms with E-state index in [0.29, 0.717) is 31.1 Å². The molecule has 0 radical (unpaired) electrons. The first-order chi connectivity index (χ1) is 14.6. The highest BCUT2D eigenvalue weighted by Gasteiger charge is 2.31. The van der Waals surface area contributed by atoms with E-state index in [-0.39, 0.29) is 11.9 Å². The van der Waals surface area contributed by atoms with E-state index in [4.69, 9.17) is 0 Å². The van der Waals surface area contributed by atoms with Crippen LogP contribution in [0, 0.1) is 6.92 Å². The maximum Gasteiger partial charge on any atom is 0.325 e. The van der Waals surface area contributed by atoms with Crippen molar-refractivity contribution in [1.29, 1.82) is 0 Å². The topological polar surface area (TPSA) is 65.5 Å². The lowest BCUT2D eigenvalue weighted by atomic mass is 10.1. The Morgan fingerprint density at radius 1 is 1.13 bits per heavy atom. The van der Waals surface area contributed by atoms with Gasteiger partial charge in [-0.3, -0.25) is 14.7 Å². The summed E-state index contributed by atoms with van der Waals surface area (Å²) in [4.78, 5) is 33.9. The fourth-order valence-corrected chi connectivity index (χ4v) is 4.60. The van der Waals surface area contributed by atoms with E-state index in [1.54, 1.807) is 17.3 Å². The molecule has 1 aliphatic rings. The molecular formula is C23H24N4O2S. The molecule has 6 nitrogen and oxygen atoms in total. The lowest BCUT2D eigenvalue weighted by molar-refractivity contribution is 0.0954. The Labute approximate surface area is 180 Å². The summed E-state index contributed by atoms with van der Waals surface area (Å²) in [5, 5.41) is 3.76. The minimum Gasteiger partial charge on any atom is -0.347 e. The minimum atomic E-state index is -0.125. The molecule has 0 saturated carbocycles. The Kier molecular flexibility index (Phi) is 6.09. The van der Waals surface area contributed by atoms with Gasteiger partial charge in [0.1, 0.15) is 5.00 Å². The van der Waals surface area contributed by atoms with E-state index in [0.717, 1.165) is 22.5 Å². The quantitative estimate of drug-likeness (QED) is 0.631. The van der Waals surface area contributed by atoms with Crippen molar-refractivity contribution < 1.29 is 9.59 Å². The minimum absolute atomic E-state index is 0.00880. The van der Waals surface area contributed by atoms with Crippen LogP contribution in [0.2, 0.25) is 0 Å². The number of nitrogens with one attached hydrogen (secondary N) is 1. The molecule has 1 aromatic carbocycles. The molecule has 2 aromatic heterocycles. The summed E-state index contributed by atoms with van der Waals surface area (Å²) < 4.78 is 0. The summed E-state index contributed by atoms with van der Waals surface area (Å²) >= 11 is 1.37. The third-order valence-corrected chi connectivity index (χ3v) is 6.42. The summed E-state index contributed by atoms with van der Waals surface area (Å²) in [6.07, 6.45) is 4.28. The van der Waals surface area contributed by atoms with Crippen LogP contribution in [-0.2, 0) is 13.0 Å². The van der Waals surface area contributed by atoms with Crippen LogP contribution in [0.4, 0.5) is 9.80 Å². The lowest BCUT2D eigenvalue weighted by Gasteiger charge is -2.17. The zero-order valence-electron chi connectivity index (χ0n) is 16.9. The molecule has 1 fully saturated rings. The Morgan fingerprint density at radius 3 is 2.70 bits per heavy atom. The molecule has 7 heteroatoms. The number of anilines is 1. The van der Waals surface area contributed by atoms with Crippen molar-refractivity contribution in [3.05, 3.63) is 82.5 Å². The molecule has 3 amide bonds. The zero-order chi connectivity index (χ0) is 20.9. The van der Waals surface area contributed by atoms with Crippen LogP contribution >= 0.6 is 11.3 Å². The van der Waals surface area contributed by atoms with Crippen molar-refractivity contribution in [2.75, 3.05) is 24.5 Å². The van der Waals surface area contributed by atoms with Crippen molar-refractivity contribution in [3.8, 4) is 0 Å². The molecule has 1 N–H and O–H groups in total. The van der Waals surface area contributed by atoms with Crippen LogP contribution in [0.5, 0.6) is 0 Å². The van der Waals surface area contributed by atoms with Gasteiger partial charge in [-0.2, -0.15) is 0 Å². The highest BCUT2D eigenvalue weighted by Crippen LogP contribution is 2.32. The number of thiophene rings is 1. The van der Waals surface area contributed by atoms with Crippen molar-refractivity contribution in [2.45, 2.75) is 19.9 Å². The number of pyridine rings is 1. The number of nitrogens with zero attached hydrogens (tertiary/aromatic N) is 3. The molecule has 0 atom stereocenters. The van der Waals surface area contributed by atoms with Gasteiger partial charge in [0, 0.05) is 38.6 Å². The van der Waals surface area contributed by atoms with Gasteiger partial charge >= 0.3 is 6.03 Å². The lowest BCUT2D eigenvalue weighted by Crippen LogP contribution is -2.32. The molecular weight excluding hydrogens is 396 g/mol. The number of benzene rings is 1. The third kappa shape index (κ3) is 4.52. The van der Waals surface area contributed by atoms with Gasteiger partial charge in [0.2, 0.25) is 0 Å². The first-order valence-electron chi connectivity index (χ1n) is 10.00. The van der Waals surface area contributed by atoms with E-state index in [2.05, 4.69) is 22.4 Å². The second kappa shape index (κ2) is 9.09. The van der Waals surface area contributed by atoms with Crippen LogP contribution < -0.4 is 10.2 Å². The van der Waals surface area contributed by atoms with Crippen LogP contribution in [0.25, 0.3) is 0 Å². The molecule has 1 aliphatic heterocycles. The Balaban J connectivity index is 1.37. The highest BCUT2D eigenvalue weighted by atomic mass is 32.1. The smallest absolute Gasteiger partial charge is 0.325 e. The van der Waals surface area contributed by atoms with Crippen LogP contribution in [0.3, 0.4) is 0 Å². The van der Waals surface area contributed by atoms with Crippen LogP contribution in [-0.4, -0.2) is 41.5 Å². The van der Waals surface area contributed by atoms with E-state index in [1.165, 1.54) is 16.9 Å². The van der Waals surface area contributed by atoms with E-state index < -0.39 is 0 Å². The predicted molar refractivity (Wildman–Crippen MR) is 119 cm³/mol. The summed E-state index contributed by atoms with van der Waals surface area (Å²) in [5.41, 5.74) is 3.06. The van der Waals surface area contributed by atoms with Crippen molar-refractivity contribution in [1.82, 2.24) is 15.2 Å². The van der Waals surface area contributed by atoms with Gasteiger partial charge in [-0.25, -0.2) is 4.79 Å². The number of urea groups is 1. The molecule has 154 valence electrons. The fraction of sp³-hybridized carbons (Fsp3) is 0.261. The standard InChI is InChI=1S/C23H24N4O2S/c1-17-14-20(30-21(17)22(28)25-16-19-8-5-10-24-15-19)27-13-12-26(23(27)29)11-9-18-6-3-2-4-7-18/h2-8,10,14-15H,9,11-13,16H2,1H3,(H,25,28). The van der Waals surface area contributed by atoms with Crippen LogP contribution in [0.15, 0.2) is 60.9 Å². The largest absolute Gasteiger partial charge is 0.347 e. The number of amides is 3. The monoisotopic (exact) mass is 420 g/mol. The number of hydrogen-bond donors (Lipinski definition) is 1. The third-order valence-electron chi connectivity index (χ3n) is 5.16. The Bertz CT molecular complexity index is 1020. The zero-order valence-corrected chi connectivity index (χ0v) is 17.7. The van der Waals surface area contributed by atoms with Gasteiger partial charge in [-0.05, 0) is 42.2 Å². The van der Waals surface area contributed by atoms with Crippen LogP contribution in [0.1, 0.15) is 26.4 Å². The van der Waals surface area contributed by atoms with E-state index >= 15 is 0 Å². The molecule has 0 spiro atoms. The van der Waals surface area contributed by atoms with E-state index in [1.807, 2.05) is 48.2 Å². The van der Waals surface area contributed by atoms with Crippen molar-refractivity contribution in [2.24, 2.45) is 0 Å². The summed E-state index contributed by atoms with van der Waals surface area (Å²) in [5.74, 6) is -0.125. The number of aromatic nitrogens is 1. The van der Waals surface area contributed by atoms with Gasteiger partial charge in [0.15, 0.2) is 0 Å². The molecule has 4 rings (SSSR count). The van der Waals surface area contributed by atoms with Crippen molar-refractivity contribution >= 4 is 28.3 Å². The maximum atomic E-state index is 12.9. The van der Waals surface area contributed by atoms with Gasteiger partial charge in [0.05, 0.1) is 4.88 Å². The summed E-state index contributed by atoms with van der Waals surface area (Å²) in [6.45, 7) is 4.37. The molecule has 1 saturated heterocycles. The van der Waals surface area contributed by atoms with E-state index in [9.17, 15) is 9.59 Å². The van der Waals surface area contributed by atoms with Gasteiger partial charge in [-0.1, -0.05) is 36.4 Å². The maximum absolute atomic E-state index is 12.9. The molecule has 0 bridgehead atoms. The Morgan fingerprint density at radius 2 is 1.93 bits per heavy atom. The average molecular weight is 421 g/mol. The van der Waals surface area contributed by atoms with Gasteiger partial charge in [-0.15, -0.1) is 11.3 Å². The highest BCUT2D eigenvalue weighted by molar-refractivity contribution is 7.18. The Hall–Kier alpha value is -3.19. The predicted octanol–water partition coefficient (Wildman–Crippen LogP) is 3.87. The normalized spacial score (nSPS) is 13.7. The second-order valence-electron chi connectivity index (χ2n) is 7.30.